The summed E-state index contributed by atoms with van der Waals surface area (Å²) in [6.45, 7) is 1.59. The van der Waals surface area contributed by atoms with Crippen LogP contribution in [-0.2, 0) is 0 Å². The summed E-state index contributed by atoms with van der Waals surface area (Å²) in [5, 5.41) is 7.51. The van der Waals surface area contributed by atoms with E-state index >= 15 is 0 Å². The standard InChI is InChI=1S/C28H26N4O4/c1-35-23-15-13-22(14-16-23)32-28(34)26(25(19-29-32)36-24-7-3-2-4-8-24)30-21-11-9-20(10-12-21)27(33)31-17-5-6-18-31/h2-4,7-16,19,30H,5-6,17-18H2,1H3. The van der Waals surface area contributed by atoms with Crippen molar-refractivity contribution in [2.75, 3.05) is 25.5 Å². The number of hydrogen-bond donors (Lipinski definition) is 1. The van der Waals surface area contributed by atoms with E-state index in [1.807, 2.05) is 23.1 Å². The van der Waals surface area contributed by atoms with Gasteiger partial charge in [-0.3, -0.25) is 9.59 Å². The number of para-hydroxylation sites is 1. The van der Waals surface area contributed by atoms with Crippen LogP contribution in [0.2, 0.25) is 0 Å². The van der Waals surface area contributed by atoms with Crippen LogP contribution in [-0.4, -0.2) is 40.8 Å². The number of rotatable bonds is 7. The number of nitrogens with one attached hydrogen (secondary N) is 1. The minimum absolute atomic E-state index is 0.0259. The molecule has 3 aromatic carbocycles. The number of ether oxygens (including phenoxy) is 2. The summed E-state index contributed by atoms with van der Waals surface area (Å²) in [5.74, 6) is 1.57. The van der Waals surface area contributed by atoms with Gasteiger partial charge in [-0.25, -0.2) is 0 Å². The van der Waals surface area contributed by atoms with Crippen molar-refractivity contribution in [1.82, 2.24) is 14.7 Å². The van der Waals surface area contributed by atoms with Gasteiger partial charge in [0.15, 0.2) is 11.4 Å². The Bertz CT molecular complexity index is 1390. The first-order chi connectivity index (χ1) is 17.6. The summed E-state index contributed by atoms with van der Waals surface area (Å²) in [6.07, 6.45) is 3.59. The van der Waals surface area contributed by atoms with Gasteiger partial charge in [0.25, 0.3) is 11.5 Å². The molecule has 1 N–H and O–H groups in total. The number of anilines is 2. The Hall–Kier alpha value is -4.59. The van der Waals surface area contributed by atoms with E-state index in [0.717, 1.165) is 25.9 Å². The molecule has 8 nitrogen and oxygen atoms in total. The third kappa shape index (κ3) is 4.93. The molecule has 2 heterocycles. The third-order valence-corrected chi connectivity index (χ3v) is 6.03. The lowest BCUT2D eigenvalue weighted by molar-refractivity contribution is 0.0793. The lowest BCUT2D eigenvalue weighted by Crippen LogP contribution is -2.27. The van der Waals surface area contributed by atoms with E-state index in [1.165, 1.54) is 10.9 Å². The average molecular weight is 483 g/mol. The zero-order chi connectivity index (χ0) is 24.9. The molecule has 1 saturated heterocycles. The fraction of sp³-hybridized carbons (Fsp3) is 0.179. The molecule has 0 aliphatic carbocycles. The van der Waals surface area contributed by atoms with Crippen molar-refractivity contribution in [2.24, 2.45) is 0 Å². The largest absolute Gasteiger partial charge is 0.497 e. The van der Waals surface area contributed by atoms with Crippen LogP contribution in [0.1, 0.15) is 23.2 Å². The molecular weight excluding hydrogens is 456 g/mol. The molecule has 1 aromatic heterocycles. The molecule has 0 spiro atoms. The lowest BCUT2D eigenvalue weighted by Gasteiger charge is -2.16. The molecule has 0 bridgehead atoms. The number of amides is 1. The Labute approximate surface area is 208 Å². The number of nitrogens with zero attached hydrogens (tertiary/aromatic N) is 3. The number of likely N-dealkylation sites (tertiary alicyclic amines) is 1. The predicted molar refractivity (Wildman–Crippen MR) is 138 cm³/mol. The number of hydrogen-bond acceptors (Lipinski definition) is 6. The quantitative estimate of drug-likeness (QED) is 0.398. The molecule has 1 aliphatic rings. The highest BCUT2D eigenvalue weighted by atomic mass is 16.5. The maximum absolute atomic E-state index is 13.6. The monoisotopic (exact) mass is 482 g/mol. The van der Waals surface area contributed by atoms with E-state index in [9.17, 15) is 9.59 Å². The molecule has 0 atom stereocenters. The Morgan fingerprint density at radius 1 is 0.889 bits per heavy atom. The number of carbonyl (C=O) groups excluding carboxylic acids is 1. The number of methoxy groups -OCH3 is 1. The molecule has 0 radical (unpaired) electrons. The molecule has 0 unspecified atom stereocenters. The second kappa shape index (κ2) is 10.4. The van der Waals surface area contributed by atoms with Crippen LogP contribution >= 0.6 is 0 Å². The van der Waals surface area contributed by atoms with Gasteiger partial charge < -0.3 is 19.7 Å². The first-order valence-electron chi connectivity index (χ1n) is 11.8. The molecule has 1 fully saturated rings. The molecule has 5 rings (SSSR count). The van der Waals surface area contributed by atoms with Crippen LogP contribution in [0.3, 0.4) is 0 Å². The second-order valence-electron chi connectivity index (χ2n) is 8.42. The Morgan fingerprint density at radius 2 is 1.58 bits per heavy atom. The SMILES string of the molecule is COc1ccc(-n2ncc(Oc3ccccc3)c(Nc3ccc(C(=O)N4CCCC4)cc3)c2=O)cc1. The van der Waals surface area contributed by atoms with Crippen molar-refractivity contribution in [2.45, 2.75) is 12.8 Å². The van der Waals surface area contributed by atoms with Gasteiger partial charge in [-0.2, -0.15) is 9.78 Å². The van der Waals surface area contributed by atoms with E-state index in [4.69, 9.17) is 9.47 Å². The summed E-state index contributed by atoms with van der Waals surface area (Å²) in [5.41, 5.74) is 1.69. The Balaban J connectivity index is 1.48. The van der Waals surface area contributed by atoms with Gasteiger partial charge in [-0.1, -0.05) is 18.2 Å². The summed E-state index contributed by atoms with van der Waals surface area (Å²) >= 11 is 0. The van der Waals surface area contributed by atoms with Crippen LogP contribution in [0.25, 0.3) is 5.69 Å². The van der Waals surface area contributed by atoms with Gasteiger partial charge in [0.2, 0.25) is 0 Å². The molecule has 1 aliphatic heterocycles. The van der Waals surface area contributed by atoms with Crippen molar-refractivity contribution in [3.05, 3.63) is 101 Å². The summed E-state index contributed by atoms with van der Waals surface area (Å²) in [7, 11) is 1.58. The highest BCUT2D eigenvalue weighted by Gasteiger charge is 2.20. The summed E-state index contributed by atoms with van der Waals surface area (Å²) in [6, 6.07) is 23.3. The zero-order valence-electron chi connectivity index (χ0n) is 19.9. The van der Waals surface area contributed by atoms with Crippen molar-refractivity contribution < 1.29 is 14.3 Å². The maximum Gasteiger partial charge on any atom is 0.299 e. The zero-order valence-corrected chi connectivity index (χ0v) is 19.9. The van der Waals surface area contributed by atoms with Crippen LogP contribution < -0.4 is 20.3 Å². The van der Waals surface area contributed by atoms with Crippen LogP contribution in [0.4, 0.5) is 11.4 Å². The number of benzene rings is 3. The molecule has 8 heteroatoms. The van der Waals surface area contributed by atoms with E-state index < -0.39 is 0 Å². The van der Waals surface area contributed by atoms with Gasteiger partial charge >= 0.3 is 0 Å². The van der Waals surface area contributed by atoms with Gasteiger partial charge in [0.1, 0.15) is 11.5 Å². The number of carbonyl (C=O) groups is 1. The first-order valence-corrected chi connectivity index (χ1v) is 11.8. The van der Waals surface area contributed by atoms with E-state index in [2.05, 4.69) is 10.4 Å². The lowest BCUT2D eigenvalue weighted by atomic mass is 10.2. The third-order valence-electron chi connectivity index (χ3n) is 6.03. The predicted octanol–water partition coefficient (Wildman–Crippen LogP) is 5.01. The molecule has 1 amide bonds. The number of aromatic nitrogens is 2. The van der Waals surface area contributed by atoms with Gasteiger partial charge in [-0.05, 0) is 73.5 Å². The van der Waals surface area contributed by atoms with E-state index in [0.29, 0.717) is 28.4 Å². The smallest absolute Gasteiger partial charge is 0.299 e. The van der Waals surface area contributed by atoms with Crippen molar-refractivity contribution in [3.63, 3.8) is 0 Å². The first kappa shape index (κ1) is 23.2. The van der Waals surface area contributed by atoms with E-state index in [-0.39, 0.29) is 22.9 Å². The van der Waals surface area contributed by atoms with Crippen molar-refractivity contribution >= 4 is 17.3 Å². The summed E-state index contributed by atoms with van der Waals surface area (Å²) in [4.78, 5) is 28.1. The molecule has 4 aromatic rings. The van der Waals surface area contributed by atoms with E-state index in [1.54, 1.807) is 67.8 Å². The minimum atomic E-state index is -0.384. The molecular formula is C28H26N4O4. The molecule has 0 saturated carbocycles. The van der Waals surface area contributed by atoms with Gasteiger partial charge in [-0.15, -0.1) is 0 Å². The minimum Gasteiger partial charge on any atom is -0.497 e. The van der Waals surface area contributed by atoms with Crippen molar-refractivity contribution in [3.8, 4) is 22.9 Å². The molecule has 36 heavy (non-hydrogen) atoms. The Kier molecular flexibility index (Phi) is 6.66. The fourth-order valence-corrected chi connectivity index (χ4v) is 4.10. The fourth-order valence-electron chi connectivity index (χ4n) is 4.10. The van der Waals surface area contributed by atoms with Crippen LogP contribution in [0, 0.1) is 0 Å². The van der Waals surface area contributed by atoms with Crippen LogP contribution in [0.15, 0.2) is 89.9 Å². The topological polar surface area (TPSA) is 85.7 Å². The van der Waals surface area contributed by atoms with Gasteiger partial charge in [0, 0.05) is 24.3 Å². The normalized spacial score (nSPS) is 12.9. The Morgan fingerprint density at radius 3 is 2.25 bits per heavy atom. The second-order valence-corrected chi connectivity index (χ2v) is 8.42. The maximum atomic E-state index is 13.6. The van der Waals surface area contributed by atoms with Crippen molar-refractivity contribution in [1.29, 1.82) is 0 Å². The summed E-state index contributed by atoms with van der Waals surface area (Å²) < 4.78 is 12.5. The average Bonchev–Trinajstić information content (AvgIpc) is 3.47. The van der Waals surface area contributed by atoms with Crippen LogP contribution in [0.5, 0.6) is 17.2 Å². The van der Waals surface area contributed by atoms with Gasteiger partial charge in [0.05, 0.1) is 19.0 Å². The highest BCUT2D eigenvalue weighted by molar-refractivity contribution is 5.94. The molecule has 182 valence electrons. The highest BCUT2D eigenvalue weighted by Crippen LogP contribution is 2.29.